The van der Waals surface area contributed by atoms with E-state index in [4.69, 9.17) is 5.11 Å². The second kappa shape index (κ2) is 8.43. The zero-order valence-electron chi connectivity index (χ0n) is 14.7. The molecule has 0 aliphatic carbocycles. The molecule has 0 saturated heterocycles. The molecule has 1 heterocycles. The van der Waals surface area contributed by atoms with E-state index in [0.717, 1.165) is 0 Å². The van der Waals surface area contributed by atoms with Crippen molar-refractivity contribution in [2.75, 3.05) is 6.61 Å². The highest BCUT2D eigenvalue weighted by Gasteiger charge is 2.22. The number of aryl methyl sites for hydroxylation is 1. The SMILES string of the molecule is O=C(CCc1c(-c2ccc(F)cc2)[nH]c2ccc(F)cc12)NC(CO)C(F)F. The number of aromatic amines is 1. The molecule has 0 bridgehead atoms. The number of H-pyrrole nitrogens is 1. The van der Waals surface area contributed by atoms with E-state index in [1.165, 1.54) is 24.3 Å². The molecule has 0 aliphatic rings. The van der Waals surface area contributed by atoms with Gasteiger partial charge in [-0.25, -0.2) is 17.6 Å². The first-order chi connectivity index (χ1) is 13.4. The van der Waals surface area contributed by atoms with Gasteiger partial charge in [0.2, 0.25) is 5.91 Å². The molecule has 1 aromatic heterocycles. The minimum atomic E-state index is -2.88. The zero-order valence-corrected chi connectivity index (χ0v) is 14.7. The number of halogens is 4. The van der Waals surface area contributed by atoms with E-state index in [1.807, 2.05) is 0 Å². The molecule has 3 N–H and O–H groups in total. The lowest BCUT2D eigenvalue weighted by atomic mass is 10.0. The number of hydrogen-bond donors (Lipinski definition) is 3. The van der Waals surface area contributed by atoms with Crippen molar-refractivity contribution in [1.82, 2.24) is 10.3 Å². The number of aliphatic hydroxyl groups is 1. The molecule has 1 atom stereocenters. The van der Waals surface area contributed by atoms with Crippen molar-refractivity contribution in [1.29, 1.82) is 0 Å². The molecule has 0 radical (unpaired) electrons. The van der Waals surface area contributed by atoms with E-state index < -0.39 is 36.6 Å². The largest absolute Gasteiger partial charge is 0.394 e. The first-order valence-corrected chi connectivity index (χ1v) is 8.63. The van der Waals surface area contributed by atoms with Crippen LogP contribution < -0.4 is 5.32 Å². The predicted octanol–water partition coefficient (Wildman–Crippen LogP) is 3.79. The maximum Gasteiger partial charge on any atom is 0.260 e. The summed E-state index contributed by atoms with van der Waals surface area (Å²) in [4.78, 5) is 15.2. The van der Waals surface area contributed by atoms with Crippen LogP contribution >= 0.6 is 0 Å². The van der Waals surface area contributed by atoms with Crippen molar-refractivity contribution in [2.24, 2.45) is 0 Å². The first-order valence-electron chi connectivity index (χ1n) is 8.63. The molecule has 0 spiro atoms. The number of rotatable bonds is 7. The molecule has 0 fully saturated rings. The minimum Gasteiger partial charge on any atom is -0.394 e. The lowest BCUT2D eigenvalue weighted by Crippen LogP contribution is -2.42. The number of aliphatic hydroxyl groups excluding tert-OH is 1. The fraction of sp³-hybridized carbons (Fsp3) is 0.250. The normalized spacial score (nSPS) is 12.5. The van der Waals surface area contributed by atoms with E-state index in [9.17, 15) is 22.4 Å². The Morgan fingerprint density at radius 1 is 1.07 bits per heavy atom. The van der Waals surface area contributed by atoms with Crippen molar-refractivity contribution in [3.05, 3.63) is 59.7 Å². The Bertz CT molecular complexity index is 970. The van der Waals surface area contributed by atoms with Crippen LogP contribution in [0.15, 0.2) is 42.5 Å². The Labute approximate surface area is 158 Å². The molecule has 3 aromatic rings. The molecule has 1 amide bonds. The molecule has 28 heavy (non-hydrogen) atoms. The number of nitrogens with one attached hydrogen (secondary N) is 2. The van der Waals surface area contributed by atoms with Crippen LogP contribution in [-0.4, -0.2) is 35.1 Å². The summed E-state index contributed by atoms with van der Waals surface area (Å²) in [7, 11) is 0. The van der Waals surface area contributed by atoms with Gasteiger partial charge in [-0.1, -0.05) is 0 Å². The Kier molecular flexibility index (Phi) is 5.99. The van der Waals surface area contributed by atoms with Gasteiger partial charge in [-0.2, -0.15) is 0 Å². The highest BCUT2D eigenvalue weighted by atomic mass is 19.3. The maximum atomic E-state index is 13.7. The molecule has 8 heteroatoms. The number of alkyl halides is 2. The lowest BCUT2D eigenvalue weighted by Gasteiger charge is -2.15. The van der Waals surface area contributed by atoms with Crippen LogP contribution in [-0.2, 0) is 11.2 Å². The number of benzene rings is 2. The Hall–Kier alpha value is -2.87. The third kappa shape index (κ3) is 4.33. The summed E-state index contributed by atoms with van der Waals surface area (Å²) in [6, 6.07) is 8.21. The van der Waals surface area contributed by atoms with E-state index in [2.05, 4.69) is 10.3 Å². The average molecular weight is 394 g/mol. The van der Waals surface area contributed by atoms with Crippen molar-refractivity contribution in [3.8, 4) is 11.3 Å². The summed E-state index contributed by atoms with van der Waals surface area (Å²) in [6.45, 7) is -0.872. The van der Waals surface area contributed by atoms with Crippen molar-refractivity contribution in [2.45, 2.75) is 25.3 Å². The summed E-state index contributed by atoms with van der Waals surface area (Å²) in [5, 5.41) is 11.5. The van der Waals surface area contributed by atoms with Gasteiger partial charge in [-0.15, -0.1) is 0 Å². The predicted molar refractivity (Wildman–Crippen MR) is 97.0 cm³/mol. The fourth-order valence-electron chi connectivity index (χ4n) is 3.05. The van der Waals surface area contributed by atoms with Gasteiger partial charge in [0.1, 0.15) is 17.7 Å². The van der Waals surface area contributed by atoms with E-state index in [-0.39, 0.29) is 12.8 Å². The van der Waals surface area contributed by atoms with Crippen molar-refractivity contribution < 1.29 is 27.5 Å². The average Bonchev–Trinajstić information content (AvgIpc) is 3.02. The van der Waals surface area contributed by atoms with Gasteiger partial charge in [0.25, 0.3) is 6.43 Å². The molecule has 4 nitrogen and oxygen atoms in total. The number of hydrogen-bond acceptors (Lipinski definition) is 2. The molecule has 0 saturated carbocycles. The van der Waals surface area contributed by atoms with Gasteiger partial charge in [0.05, 0.1) is 6.61 Å². The quantitative estimate of drug-likeness (QED) is 0.534. The Morgan fingerprint density at radius 2 is 1.75 bits per heavy atom. The van der Waals surface area contributed by atoms with Gasteiger partial charge >= 0.3 is 0 Å². The number of aromatic nitrogens is 1. The van der Waals surface area contributed by atoms with Crippen LogP contribution in [0.25, 0.3) is 22.2 Å². The van der Waals surface area contributed by atoms with E-state index >= 15 is 0 Å². The Morgan fingerprint density at radius 3 is 2.39 bits per heavy atom. The molecule has 1 unspecified atom stereocenters. The van der Waals surface area contributed by atoms with Crippen LogP contribution in [0.5, 0.6) is 0 Å². The highest BCUT2D eigenvalue weighted by molar-refractivity contribution is 5.91. The van der Waals surface area contributed by atoms with Gasteiger partial charge in [-0.05, 0) is 60.0 Å². The third-order valence-electron chi connectivity index (χ3n) is 4.45. The summed E-state index contributed by atoms with van der Waals surface area (Å²) in [5.74, 6) is -1.52. The summed E-state index contributed by atoms with van der Waals surface area (Å²) >= 11 is 0. The van der Waals surface area contributed by atoms with Gasteiger partial charge < -0.3 is 15.4 Å². The van der Waals surface area contributed by atoms with Crippen LogP contribution in [0.3, 0.4) is 0 Å². The van der Waals surface area contributed by atoms with Crippen LogP contribution in [0.2, 0.25) is 0 Å². The fourth-order valence-corrected chi connectivity index (χ4v) is 3.05. The molecule has 3 rings (SSSR count). The van der Waals surface area contributed by atoms with Gasteiger partial charge in [-0.3, -0.25) is 4.79 Å². The second-order valence-corrected chi connectivity index (χ2v) is 6.37. The minimum absolute atomic E-state index is 0.138. The third-order valence-corrected chi connectivity index (χ3v) is 4.45. The summed E-state index contributed by atoms with van der Waals surface area (Å²) in [6.07, 6.45) is -2.88. The smallest absolute Gasteiger partial charge is 0.260 e. The van der Waals surface area contributed by atoms with Crippen LogP contribution in [0.4, 0.5) is 17.6 Å². The molecular weight excluding hydrogens is 376 g/mol. The summed E-state index contributed by atoms with van der Waals surface area (Å²) < 4.78 is 52.4. The van der Waals surface area contributed by atoms with E-state index in [0.29, 0.717) is 27.7 Å². The topological polar surface area (TPSA) is 65.1 Å². The summed E-state index contributed by atoms with van der Waals surface area (Å²) in [5.41, 5.74) is 2.50. The maximum absolute atomic E-state index is 13.7. The van der Waals surface area contributed by atoms with Crippen molar-refractivity contribution in [3.63, 3.8) is 0 Å². The van der Waals surface area contributed by atoms with E-state index in [1.54, 1.807) is 18.2 Å². The van der Waals surface area contributed by atoms with Gasteiger partial charge in [0, 0.05) is 23.0 Å². The monoisotopic (exact) mass is 394 g/mol. The van der Waals surface area contributed by atoms with Crippen molar-refractivity contribution >= 4 is 16.8 Å². The molecule has 2 aromatic carbocycles. The second-order valence-electron chi connectivity index (χ2n) is 6.37. The number of amides is 1. The zero-order chi connectivity index (χ0) is 20.3. The van der Waals surface area contributed by atoms with Gasteiger partial charge in [0.15, 0.2) is 0 Å². The molecular formula is C20H18F4N2O2. The number of carbonyl (C=O) groups is 1. The molecule has 148 valence electrons. The number of carbonyl (C=O) groups excluding carboxylic acids is 1. The Balaban J connectivity index is 1.90. The first kappa shape index (κ1) is 19.9. The van der Waals surface area contributed by atoms with Crippen LogP contribution in [0.1, 0.15) is 12.0 Å². The molecule has 0 aliphatic heterocycles. The van der Waals surface area contributed by atoms with Crippen LogP contribution in [0, 0.1) is 11.6 Å². The highest BCUT2D eigenvalue weighted by Crippen LogP contribution is 2.32. The standard InChI is InChI=1S/C20H18F4N2O2/c21-12-3-1-11(2-4-12)19-14(15-9-13(22)5-7-16(15)26-19)6-8-18(28)25-17(10-27)20(23)24/h1-5,7,9,17,20,26-27H,6,8,10H2,(H,25,28). The number of fused-ring (bicyclic) bond motifs is 1. The lowest BCUT2D eigenvalue weighted by molar-refractivity contribution is -0.123.